The molecule has 1 heterocycles. The molecule has 0 aliphatic heterocycles. The maximum Gasteiger partial charge on any atom is 0.421 e. The van der Waals surface area contributed by atoms with Crippen LogP contribution < -0.4 is 4.90 Å². The van der Waals surface area contributed by atoms with Crippen LogP contribution in [0.15, 0.2) is 41.8 Å². The summed E-state index contributed by atoms with van der Waals surface area (Å²) >= 11 is 0.745. The van der Waals surface area contributed by atoms with Crippen molar-refractivity contribution in [2.24, 2.45) is 0 Å². The van der Waals surface area contributed by atoms with Crippen molar-refractivity contribution in [3.05, 3.63) is 69.1 Å². The first kappa shape index (κ1) is 25.0. The molecule has 0 N–H and O–H groups in total. The number of rotatable bonds is 4. The first-order valence-electron chi connectivity index (χ1n) is 9.47. The molecular weight excluding hydrogens is 485 g/mol. The molecule has 7 nitrogen and oxygen atoms in total. The van der Waals surface area contributed by atoms with Crippen molar-refractivity contribution in [3.63, 3.8) is 0 Å². The number of halogens is 5. The van der Waals surface area contributed by atoms with E-state index in [1.54, 1.807) is 20.8 Å². The molecule has 34 heavy (non-hydrogen) atoms. The van der Waals surface area contributed by atoms with Crippen LogP contribution in [0.25, 0.3) is 11.3 Å². The normalized spacial score (nSPS) is 11.9. The minimum atomic E-state index is -4.69. The van der Waals surface area contributed by atoms with E-state index in [1.807, 2.05) is 0 Å². The number of benzene rings is 2. The molecule has 0 spiro atoms. The molecule has 0 unspecified atom stereocenters. The van der Waals surface area contributed by atoms with Gasteiger partial charge in [-0.3, -0.25) is 10.1 Å². The molecule has 0 radical (unpaired) electrons. The maximum absolute atomic E-state index is 14.3. The molecule has 0 atom stereocenters. The van der Waals surface area contributed by atoms with Crippen LogP contribution in [-0.4, -0.2) is 21.6 Å². The summed E-state index contributed by atoms with van der Waals surface area (Å²) in [7, 11) is 0. The van der Waals surface area contributed by atoms with Gasteiger partial charge >= 0.3 is 18.0 Å². The molecule has 3 aromatic rings. The second-order valence-electron chi connectivity index (χ2n) is 7.92. The molecule has 0 fully saturated rings. The summed E-state index contributed by atoms with van der Waals surface area (Å²) in [5.41, 5.74) is -3.88. The molecule has 0 saturated heterocycles. The number of aromatic nitrogens is 1. The van der Waals surface area contributed by atoms with Crippen molar-refractivity contribution in [2.75, 3.05) is 4.90 Å². The molecule has 1 amide bonds. The number of hydrogen-bond donors (Lipinski definition) is 0. The van der Waals surface area contributed by atoms with Gasteiger partial charge in [-0.25, -0.2) is 19.1 Å². The van der Waals surface area contributed by atoms with Crippen LogP contribution in [0.5, 0.6) is 0 Å². The molecule has 0 aliphatic carbocycles. The highest BCUT2D eigenvalue weighted by molar-refractivity contribution is 7.14. The van der Waals surface area contributed by atoms with Crippen molar-refractivity contribution in [3.8, 4) is 11.3 Å². The molecule has 1 aromatic heterocycles. The van der Waals surface area contributed by atoms with E-state index in [0.29, 0.717) is 18.2 Å². The number of carbonyl (C=O) groups excluding carboxylic acids is 1. The van der Waals surface area contributed by atoms with Crippen LogP contribution in [0.4, 0.5) is 43.3 Å². The molecule has 13 heteroatoms. The van der Waals surface area contributed by atoms with Gasteiger partial charge in [-0.1, -0.05) is 6.07 Å². The van der Waals surface area contributed by atoms with E-state index in [2.05, 4.69) is 4.98 Å². The van der Waals surface area contributed by atoms with Gasteiger partial charge in [-0.05, 0) is 39.0 Å². The summed E-state index contributed by atoms with van der Waals surface area (Å²) in [5, 5.41) is 12.0. The van der Waals surface area contributed by atoms with Gasteiger partial charge in [0.2, 0.25) is 5.82 Å². The predicted molar refractivity (Wildman–Crippen MR) is 114 cm³/mol. The van der Waals surface area contributed by atoms with Crippen molar-refractivity contribution in [1.82, 2.24) is 4.98 Å². The highest BCUT2D eigenvalue weighted by Crippen LogP contribution is 2.38. The third kappa shape index (κ3) is 5.47. The Labute approximate surface area is 193 Å². The van der Waals surface area contributed by atoms with E-state index in [-0.39, 0.29) is 16.5 Å². The number of nitrogens with zero attached hydrogens (tertiary/aromatic N) is 3. The molecular formula is C21H16F5N3O4S. The first-order chi connectivity index (χ1) is 15.7. The predicted octanol–water partition coefficient (Wildman–Crippen LogP) is 7.09. The number of alkyl halides is 3. The molecule has 180 valence electrons. The lowest BCUT2D eigenvalue weighted by atomic mass is 10.1. The van der Waals surface area contributed by atoms with Gasteiger partial charge in [0.25, 0.3) is 0 Å². The SMILES string of the molecule is CC(C)(C)OC(=O)N(c1cccc(C(F)(F)F)c1)c1nc(-c2cc([N+](=O)[O-])c(F)cc2F)cs1. The zero-order valence-corrected chi connectivity index (χ0v) is 18.6. The average Bonchev–Trinajstić information content (AvgIpc) is 3.15. The van der Waals surface area contributed by atoms with Crippen LogP contribution in [0.3, 0.4) is 0 Å². The fraction of sp³-hybridized carbons (Fsp3) is 0.238. The molecule has 0 aliphatic rings. The van der Waals surface area contributed by atoms with E-state index >= 15 is 0 Å². The van der Waals surface area contributed by atoms with Gasteiger partial charge in [0.15, 0.2) is 5.13 Å². The van der Waals surface area contributed by atoms with Gasteiger partial charge in [-0.2, -0.15) is 17.6 Å². The summed E-state index contributed by atoms with van der Waals surface area (Å²) < 4.78 is 73.0. The Hall–Kier alpha value is -3.61. The summed E-state index contributed by atoms with van der Waals surface area (Å²) in [6, 6.07) is 4.82. The van der Waals surface area contributed by atoms with Crippen LogP contribution in [0.1, 0.15) is 26.3 Å². The zero-order valence-electron chi connectivity index (χ0n) is 17.8. The lowest BCUT2D eigenvalue weighted by molar-refractivity contribution is -0.387. The standard InChI is InChI=1S/C21H16F5N3O4S/c1-20(2,3)33-19(30)28(12-6-4-5-11(7-12)21(24,25)26)18-27-16(10-34-18)13-8-17(29(31)32)15(23)9-14(13)22/h4-10H,1-3H3. The minimum Gasteiger partial charge on any atom is -0.443 e. The van der Waals surface area contributed by atoms with Crippen molar-refractivity contribution >= 4 is 33.9 Å². The summed E-state index contributed by atoms with van der Waals surface area (Å²) in [6.07, 6.45) is -5.75. The fourth-order valence-corrected chi connectivity index (χ4v) is 3.62. The van der Waals surface area contributed by atoms with E-state index in [0.717, 1.165) is 28.4 Å². The number of anilines is 2. The Balaban J connectivity index is 2.12. The minimum absolute atomic E-state index is 0.193. The largest absolute Gasteiger partial charge is 0.443 e. The van der Waals surface area contributed by atoms with Gasteiger partial charge in [0, 0.05) is 23.1 Å². The quantitative estimate of drug-likeness (QED) is 0.216. The first-order valence-corrected chi connectivity index (χ1v) is 10.3. The van der Waals surface area contributed by atoms with Crippen LogP contribution in [0.2, 0.25) is 0 Å². The Morgan fingerprint density at radius 2 is 1.79 bits per heavy atom. The van der Waals surface area contributed by atoms with Gasteiger partial charge < -0.3 is 4.74 Å². The lowest BCUT2D eigenvalue weighted by Crippen LogP contribution is -2.34. The summed E-state index contributed by atoms with van der Waals surface area (Å²) in [5.74, 6) is -2.54. The monoisotopic (exact) mass is 501 g/mol. The molecule has 0 bridgehead atoms. The number of amides is 1. The number of thiazole rings is 1. The Morgan fingerprint density at radius 3 is 2.38 bits per heavy atom. The highest BCUT2D eigenvalue weighted by atomic mass is 32.1. The third-order valence-corrected chi connectivity index (χ3v) is 5.03. The van der Waals surface area contributed by atoms with Gasteiger partial charge in [-0.15, -0.1) is 11.3 Å². The Morgan fingerprint density at radius 1 is 1.12 bits per heavy atom. The van der Waals surface area contributed by atoms with E-state index in [9.17, 15) is 36.9 Å². The van der Waals surface area contributed by atoms with Crippen molar-refractivity contribution in [1.29, 1.82) is 0 Å². The number of hydrogen-bond acceptors (Lipinski definition) is 6. The topological polar surface area (TPSA) is 85.6 Å². The molecule has 3 rings (SSSR count). The van der Waals surface area contributed by atoms with Gasteiger partial charge in [0.05, 0.1) is 21.9 Å². The van der Waals surface area contributed by atoms with Crippen LogP contribution in [-0.2, 0) is 10.9 Å². The number of carbonyl (C=O) groups is 1. The smallest absolute Gasteiger partial charge is 0.421 e. The fourth-order valence-electron chi connectivity index (χ4n) is 2.79. The summed E-state index contributed by atoms with van der Waals surface area (Å²) in [6.45, 7) is 4.65. The number of nitro groups is 1. The highest BCUT2D eigenvalue weighted by Gasteiger charge is 2.33. The Kier molecular flexibility index (Phi) is 6.60. The number of nitro benzene ring substituents is 1. The molecule has 0 saturated carbocycles. The van der Waals surface area contributed by atoms with E-state index in [1.165, 1.54) is 11.4 Å². The second kappa shape index (κ2) is 8.97. The summed E-state index contributed by atoms with van der Waals surface area (Å²) in [4.78, 5) is 27.7. The number of ether oxygens (including phenoxy) is 1. The van der Waals surface area contributed by atoms with Gasteiger partial charge in [0.1, 0.15) is 11.4 Å². The second-order valence-corrected chi connectivity index (χ2v) is 8.76. The Bertz CT molecular complexity index is 1250. The van der Waals surface area contributed by atoms with Crippen LogP contribution >= 0.6 is 11.3 Å². The molecule has 2 aromatic carbocycles. The van der Waals surface area contributed by atoms with Crippen LogP contribution in [0, 0.1) is 21.7 Å². The average molecular weight is 501 g/mol. The van der Waals surface area contributed by atoms with Crippen molar-refractivity contribution in [2.45, 2.75) is 32.5 Å². The van der Waals surface area contributed by atoms with E-state index in [4.69, 9.17) is 4.74 Å². The zero-order chi connectivity index (χ0) is 25.4. The van der Waals surface area contributed by atoms with E-state index < -0.39 is 51.2 Å². The lowest BCUT2D eigenvalue weighted by Gasteiger charge is -2.26. The van der Waals surface area contributed by atoms with Crippen molar-refractivity contribution < 1.29 is 36.4 Å². The third-order valence-electron chi connectivity index (χ3n) is 4.20. The maximum atomic E-state index is 14.3.